The van der Waals surface area contributed by atoms with E-state index in [0.717, 1.165) is 10.4 Å². The molecule has 0 saturated carbocycles. The Bertz CT molecular complexity index is 592. The lowest BCUT2D eigenvalue weighted by molar-refractivity contribution is 0.581. The maximum Gasteiger partial charge on any atom is 0.216 e. The highest BCUT2D eigenvalue weighted by Crippen LogP contribution is 2.13. The van der Waals surface area contributed by atoms with Gasteiger partial charge >= 0.3 is 0 Å². The summed E-state index contributed by atoms with van der Waals surface area (Å²) >= 11 is 7.28. The van der Waals surface area contributed by atoms with Crippen molar-refractivity contribution >= 4 is 33.0 Å². The third-order valence-corrected chi connectivity index (χ3v) is 4.74. The normalized spacial score (nSPS) is 11.6. The molecule has 18 heavy (non-hydrogen) atoms. The number of nitrogens with one attached hydrogen (secondary N) is 1. The number of hydrogen-bond donors (Lipinski definition) is 1. The van der Waals surface area contributed by atoms with Gasteiger partial charge in [0.25, 0.3) is 0 Å². The van der Waals surface area contributed by atoms with Crippen LogP contribution in [0.15, 0.2) is 41.8 Å². The Hall–Kier alpha value is -0.880. The summed E-state index contributed by atoms with van der Waals surface area (Å²) in [5, 5.41) is 2.52. The summed E-state index contributed by atoms with van der Waals surface area (Å²) in [6.45, 7) is 0.341. The molecule has 1 aromatic heterocycles. The number of thiophene rings is 1. The van der Waals surface area contributed by atoms with Crippen LogP contribution in [-0.2, 0) is 22.3 Å². The zero-order chi connectivity index (χ0) is 13.0. The molecule has 0 amide bonds. The minimum absolute atomic E-state index is 0.0322. The van der Waals surface area contributed by atoms with Crippen molar-refractivity contribution in [1.82, 2.24) is 4.72 Å². The van der Waals surface area contributed by atoms with E-state index in [0.29, 0.717) is 11.6 Å². The van der Waals surface area contributed by atoms with Gasteiger partial charge in [-0.25, -0.2) is 13.1 Å². The summed E-state index contributed by atoms with van der Waals surface area (Å²) in [5.74, 6) is -0.0322. The second-order valence-electron chi connectivity index (χ2n) is 3.79. The highest BCUT2D eigenvalue weighted by Gasteiger charge is 2.11. The average Bonchev–Trinajstić information content (AvgIpc) is 2.83. The zero-order valence-corrected chi connectivity index (χ0v) is 11.9. The van der Waals surface area contributed by atoms with Crippen LogP contribution in [-0.4, -0.2) is 8.42 Å². The van der Waals surface area contributed by atoms with E-state index in [1.807, 2.05) is 17.5 Å². The van der Waals surface area contributed by atoms with Gasteiger partial charge in [-0.3, -0.25) is 0 Å². The maximum absolute atomic E-state index is 11.8. The molecule has 1 aromatic carbocycles. The second-order valence-corrected chi connectivity index (χ2v) is 7.06. The second kappa shape index (κ2) is 5.84. The topological polar surface area (TPSA) is 46.2 Å². The van der Waals surface area contributed by atoms with Gasteiger partial charge in [-0.1, -0.05) is 29.8 Å². The Morgan fingerprint density at radius 1 is 1.17 bits per heavy atom. The minimum Gasteiger partial charge on any atom is -0.212 e. The van der Waals surface area contributed by atoms with Gasteiger partial charge in [0.2, 0.25) is 10.0 Å². The molecule has 0 saturated heterocycles. The van der Waals surface area contributed by atoms with Crippen LogP contribution in [0, 0.1) is 0 Å². The molecular formula is C12H12ClNO2S2. The SMILES string of the molecule is O=S(=O)(Cc1ccc(Cl)cc1)NCc1cccs1. The molecule has 1 heterocycles. The van der Waals surface area contributed by atoms with Crippen molar-refractivity contribution in [2.24, 2.45) is 0 Å². The first kappa shape index (κ1) is 13.5. The van der Waals surface area contributed by atoms with Gasteiger partial charge in [0.05, 0.1) is 5.75 Å². The molecule has 0 fully saturated rings. The van der Waals surface area contributed by atoms with E-state index in [1.165, 1.54) is 11.3 Å². The molecule has 2 rings (SSSR count). The highest BCUT2D eigenvalue weighted by atomic mass is 35.5. The first-order valence-electron chi connectivity index (χ1n) is 5.29. The Labute approximate surface area is 115 Å². The number of sulfonamides is 1. The van der Waals surface area contributed by atoms with Gasteiger partial charge in [0.15, 0.2) is 0 Å². The summed E-state index contributed by atoms with van der Waals surface area (Å²) in [4.78, 5) is 0.995. The van der Waals surface area contributed by atoms with Gasteiger partial charge in [0.1, 0.15) is 0 Å². The standard InChI is InChI=1S/C12H12ClNO2S2/c13-11-5-3-10(4-6-11)9-18(15,16)14-8-12-2-1-7-17-12/h1-7,14H,8-9H2. The average molecular weight is 302 g/mol. The van der Waals surface area contributed by atoms with Gasteiger partial charge in [-0.2, -0.15) is 0 Å². The number of hydrogen-bond acceptors (Lipinski definition) is 3. The molecule has 0 radical (unpaired) electrons. The molecule has 0 aliphatic carbocycles. The summed E-state index contributed by atoms with van der Waals surface area (Å²) in [6, 6.07) is 10.6. The smallest absolute Gasteiger partial charge is 0.212 e. The van der Waals surface area contributed by atoms with E-state index in [9.17, 15) is 8.42 Å². The van der Waals surface area contributed by atoms with Gasteiger partial charge in [-0.05, 0) is 29.1 Å². The summed E-state index contributed by atoms with van der Waals surface area (Å²) in [5.41, 5.74) is 0.720. The Balaban J connectivity index is 1.97. The number of rotatable bonds is 5. The van der Waals surface area contributed by atoms with E-state index in [2.05, 4.69) is 4.72 Å². The van der Waals surface area contributed by atoms with Crippen LogP contribution in [0.25, 0.3) is 0 Å². The molecular weight excluding hydrogens is 290 g/mol. The minimum atomic E-state index is -3.31. The molecule has 3 nitrogen and oxygen atoms in total. The molecule has 0 bridgehead atoms. The van der Waals surface area contributed by atoms with E-state index in [1.54, 1.807) is 24.3 Å². The van der Waals surface area contributed by atoms with Crippen LogP contribution in [0.3, 0.4) is 0 Å². The third-order valence-electron chi connectivity index (χ3n) is 2.32. The molecule has 6 heteroatoms. The van der Waals surface area contributed by atoms with Crippen molar-refractivity contribution in [1.29, 1.82) is 0 Å². The van der Waals surface area contributed by atoms with Crippen LogP contribution in [0.5, 0.6) is 0 Å². The van der Waals surface area contributed by atoms with E-state index >= 15 is 0 Å². The van der Waals surface area contributed by atoms with E-state index < -0.39 is 10.0 Å². The molecule has 0 unspecified atom stereocenters. The van der Waals surface area contributed by atoms with Crippen LogP contribution in [0.4, 0.5) is 0 Å². The van der Waals surface area contributed by atoms with Crippen molar-refractivity contribution in [3.63, 3.8) is 0 Å². The molecule has 0 atom stereocenters. The zero-order valence-electron chi connectivity index (χ0n) is 9.47. The van der Waals surface area contributed by atoms with Crippen molar-refractivity contribution in [3.05, 3.63) is 57.2 Å². The predicted molar refractivity (Wildman–Crippen MR) is 75.2 cm³/mol. The Morgan fingerprint density at radius 2 is 1.89 bits per heavy atom. The molecule has 2 aromatic rings. The lowest BCUT2D eigenvalue weighted by Gasteiger charge is -2.05. The fourth-order valence-electron chi connectivity index (χ4n) is 1.45. The Morgan fingerprint density at radius 3 is 2.50 bits per heavy atom. The van der Waals surface area contributed by atoms with Crippen molar-refractivity contribution in [2.75, 3.05) is 0 Å². The van der Waals surface area contributed by atoms with Gasteiger partial charge < -0.3 is 0 Å². The molecule has 0 aliphatic rings. The largest absolute Gasteiger partial charge is 0.216 e. The van der Waals surface area contributed by atoms with Crippen LogP contribution >= 0.6 is 22.9 Å². The summed E-state index contributed by atoms with van der Waals surface area (Å²) in [6.07, 6.45) is 0. The van der Waals surface area contributed by atoms with Crippen molar-refractivity contribution in [3.8, 4) is 0 Å². The fraction of sp³-hybridized carbons (Fsp3) is 0.167. The van der Waals surface area contributed by atoms with Crippen molar-refractivity contribution < 1.29 is 8.42 Å². The summed E-state index contributed by atoms with van der Waals surface area (Å²) in [7, 11) is -3.31. The number of halogens is 1. The van der Waals surface area contributed by atoms with E-state index in [4.69, 9.17) is 11.6 Å². The quantitative estimate of drug-likeness (QED) is 0.923. The first-order chi connectivity index (χ1) is 8.55. The van der Waals surface area contributed by atoms with Crippen molar-refractivity contribution in [2.45, 2.75) is 12.3 Å². The van der Waals surface area contributed by atoms with Crippen LogP contribution in [0.2, 0.25) is 5.02 Å². The predicted octanol–water partition coefficient (Wildman–Crippen LogP) is 3.02. The Kier molecular flexibility index (Phi) is 4.40. The fourth-order valence-corrected chi connectivity index (χ4v) is 3.42. The monoisotopic (exact) mass is 301 g/mol. The third kappa shape index (κ3) is 4.10. The van der Waals surface area contributed by atoms with E-state index in [-0.39, 0.29) is 5.75 Å². The molecule has 0 spiro atoms. The summed E-state index contributed by atoms with van der Waals surface area (Å²) < 4.78 is 26.3. The molecule has 0 aliphatic heterocycles. The van der Waals surface area contributed by atoms with Crippen LogP contribution < -0.4 is 4.72 Å². The van der Waals surface area contributed by atoms with Crippen LogP contribution in [0.1, 0.15) is 10.4 Å². The first-order valence-corrected chi connectivity index (χ1v) is 8.20. The maximum atomic E-state index is 11.8. The van der Waals surface area contributed by atoms with Gasteiger partial charge in [0, 0.05) is 16.4 Å². The van der Waals surface area contributed by atoms with Gasteiger partial charge in [-0.15, -0.1) is 11.3 Å². The lowest BCUT2D eigenvalue weighted by Crippen LogP contribution is -2.24. The lowest BCUT2D eigenvalue weighted by atomic mass is 10.2. The number of benzene rings is 1. The molecule has 96 valence electrons. The highest BCUT2D eigenvalue weighted by molar-refractivity contribution is 7.88. The molecule has 1 N–H and O–H groups in total.